The van der Waals surface area contributed by atoms with E-state index < -0.39 is 0 Å². The van der Waals surface area contributed by atoms with Crippen molar-refractivity contribution in [1.82, 2.24) is 9.78 Å². The Bertz CT molecular complexity index is 302. The van der Waals surface area contributed by atoms with E-state index in [1.54, 1.807) is 10.9 Å². The van der Waals surface area contributed by atoms with Crippen LogP contribution in [0.3, 0.4) is 0 Å². The number of rotatable bonds is 3. The van der Waals surface area contributed by atoms with Gasteiger partial charge in [-0.1, -0.05) is 5.16 Å². The molecule has 0 radical (unpaired) electrons. The van der Waals surface area contributed by atoms with Crippen molar-refractivity contribution < 1.29 is 4.84 Å². The van der Waals surface area contributed by atoms with Crippen LogP contribution in [0.2, 0.25) is 0 Å². The SMILES string of the molecule is Cn1ccc(/C=N/OC2CCC2)n1. The minimum absolute atomic E-state index is 0.347. The van der Waals surface area contributed by atoms with Gasteiger partial charge >= 0.3 is 0 Å². The third kappa shape index (κ3) is 2.08. The predicted molar refractivity (Wildman–Crippen MR) is 49.5 cm³/mol. The number of aryl methyl sites for hydroxylation is 1. The van der Waals surface area contributed by atoms with Crippen molar-refractivity contribution >= 4 is 6.21 Å². The highest BCUT2D eigenvalue weighted by Crippen LogP contribution is 2.21. The van der Waals surface area contributed by atoms with Crippen molar-refractivity contribution in [3.05, 3.63) is 18.0 Å². The van der Waals surface area contributed by atoms with Crippen LogP contribution in [0.25, 0.3) is 0 Å². The van der Waals surface area contributed by atoms with Crippen LogP contribution in [0.1, 0.15) is 25.0 Å². The first-order valence-electron chi connectivity index (χ1n) is 4.53. The Kier molecular flexibility index (Phi) is 2.29. The molecule has 1 fully saturated rings. The molecule has 0 bridgehead atoms. The van der Waals surface area contributed by atoms with Gasteiger partial charge in [0, 0.05) is 13.2 Å². The third-order valence-electron chi connectivity index (χ3n) is 2.18. The van der Waals surface area contributed by atoms with Crippen LogP contribution >= 0.6 is 0 Å². The van der Waals surface area contributed by atoms with Gasteiger partial charge in [0.05, 0.1) is 6.21 Å². The molecule has 1 aliphatic rings. The quantitative estimate of drug-likeness (QED) is 0.518. The molecule has 1 aliphatic carbocycles. The molecule has 1 heterocycles. The van der Waals surface area contributed by atoms with Crippen LogP contribution in [-0.2, 0) is 11.9 Å². The Hall–Kier alpha value is -1.32. The fourth-order valence-corrected chi connectivity index (χ4v) is 1.15. The smallest absolute Gasteiger partial charge is 0.127 e. The summed E-state index contributed by atoms with van der Waals surface area (Å²) in [5.41, 5.74) is 0.835. The average molecular weight is 179 g/mol. The molecule has 1 aromatic rings. The van der Waals surface area contributed by atoms with Crippen LogP contribution < -0.4 is 0 Å². The second-order valence-electron chi connectivity index (χ2n) is 3.31. The molecular formula is C9H13N3O. The number of aromatic nitrogens is 2. The van der Waals surface area contributed by atoms with Gasteiger partial charge in [0.15, 0.2) is 0 Å². The fourth-order valence-electron chi connectivity index (χ4n) is 1.15. The molecular weight excluding hydrogens is 166 g/mol. The van der Waals surface area contributed by atoms with Crippen LogP contribution in [0.5, 0.6) is 0 Å². The lowest BCUT2D eigenvalue weighted by molar-refractivity contribution is 0.00696. The van der Waals surface area contributed by atoms with Crippen molar-refractivity contribution in [2.45, 2.75) is 25.4 Å². The monoisotopic (exact) mass is 179 g/mol. The Morgan fingerprint density at radius 3 is 3.08 bits per heavy atom. The van der Waals surface area contributed by atoms with Crippen LogP contribution in [-0.4, -0.2) is 22.1 Å². The van der Waals surface area contributed by atoms with Crippen molar-refractivity contribution in [3.63, 3.8) is 0 Å². The van der Waals surface area contributed by atoms with E-state index in [-0.39, 0.29) is 0 Å². The van der Waals surface area contributed by atoms with Crippen LogP contribution in [0.4, 0.5) is 0 Å². The molecule has 0 aromatic carbocycles. The summed E-state index contributed by atoms with van der Waals surface area (Å²) in [5, 5.41) is 8.01. The maximum atomic E-state index is 5.21. The van der Waals surface area contributed by atoms with E-state index in [9.17, 15) is 0 Å². The van der Waals surface area contributed by atoms with E-state index in [2.05, 4.69) is 10.3 Å². The zero-order chi connectivity index (χ0) is 9.10. The van der Waals surface area contributed by atoms with Crippen LogP contribution in [0, 0.1) is 0 Å². The minimum atomic E-state index is 0.347. The molecule has 4 nitrogen and oxygen atoms in total. The Morgan fingerprint density at radius 1 is 1.69 bits per heavy atom. The highest BCUT2D eigenvalue weighted by atomic mass is 16.6. The molecule has 4 heteroatoms. The summed E-state index contributed by atoms with van der Waals surface area (Å²) in [7, 11) is 1.88. The van der Waals surface area contributed by atoms with Gasteiger partial charge in [-0.2, -0.15) is 5.10 Å². The lowest BCUT2D eigenvalue weighted by Crippen LogP contribution is -2.18. The van der Waals surface area contributed by atoms with Gasteiger partial charge in [-0.05, 0) is 25.3 Å². The van der Waals surface area contributed by atoms with Crippen molar-refractivity contribution in [1.29, 1.82) is 0 Å². The summed E-state index contributed by atoms with van der Waals surface area (Å²) in [6.45, 7) is 0. The number of nitrogens with zero attached hydrogens (tertiary/aromatic N) is 3. The van der Waals surface area contributed by atoms with Crippen LogP contribution in [0.15, 0.2) is 17.4 Å². The van der Waals surface area contributed by atoms with E-state index in [1.165, 1.54) is 6.42 Å². The molecule has 0 N–H and O–H groups in total. The van der Waals surface area contributed by atoms with E-state index >= 15 is 0 Å². The molecule has 1 aromatic heterocycles. The largest absolute Gasteiger partial charge is 0.392 e. The molecule has 0 aliphatic heterocycles. The van der Waals surface area contributed by atoms with E-state index in [0.29, 0.717) is 6.10 Å². The lowest BCUT2D eigenvalue weighted by atomic mass is 9.97. The highest BCUT2D eigenvalue weighted by Gasteiger charge is 2.18. The van der Waals surface area contributed by atoms with Gasteiger partial charge in [0.2, 0.25) is 0 Å². The van der Waals surface area contributed by atoms with Gasteiger partial charge in [-0.3, -0.25) is 4.68 Å². The summed E-state index contributed by atoms with van der Waals surface area (Å²) in [6.07, 6.45) is 7.42. The molecule has 1 saturated carbocycles. The van der Waals surface area contributed by atoms with E-state index in [1.807, 2.05) is 19.3 Å². The normalized spacial score (nSPS) is 17.6. The molecule has 0 unspecified atom stereocenters. The maximum absolute atomic E-state index is 5.21. The molecule has 2 rings (SSSR count). The van der Waals surface area contributed by atoms with E-state index in [4.69, 9.17) is 4.84 Å². The topological polar surface area (TPSA) is 39.4 Å². The Labute approximate surface area is 77.2 Å². The zero-order valence-corrected chi connectivity index (χ0v) is 7.68. The second kappa shape index (κ2) is 3.60. The number of hydrogen-bond acceptors (Lipinski definition) is 3. The first kappa shape index (κ1) is 8.29. The Morgan fingerprint density at radius 2 is 2.54 bits per heavy atom. The van der Waals surface area contributed by atoms with Crippen molar-refractivity contribution in [3.8, 4) is 0 Å². The van der Waals surface area contributed by atoms with E-state index in [0.717, 1.165) is 18.5 Å². The number of oxime groups is 1. The molecule has 0 atom stereocenters. The molecule has 0 spiro atoms. The summed E-state index contributed by atoms with van der Waals surface area (Å²) < 4.78 is 1.74. The lowest BCUT2D eigenvalue weighted by Gasteiger charge is -2.22. The first-order valence-corrected chi connectivity index (χ1v) is 4.53. The summed E-state index contributed by atoms with van der Waals surface area (Å²) >= 11 is 0. The number of hydrogen-bond donors (Lipinski definition) is 0. The minimum Gasteiger partial charge on any atom is -0.392 e. The molecule has 13 heavy (non-hydrogen) atoms. The zero-order valence-electron chi connectivity index (χ0n) is 7.68. The van der Waals surface area contributed by atoms with Gasteiger partial charge in [0.1, 0.15) is 11.8 Å². The van der Waals surface area contributed by atoms with Crippen molar-refractivity contribution in [2.75, 3.05) is 0 Å². The molecule has 0 amide bonds. The summed E-state index contributed by atoms with van der Waals surface area (Å²) in [4.78, 5) is 5.21. The summed E-state index contributed by atoms with van der Waals surface area (Å²) in [6, 6.07) is 1.90. The Balaban J connectivity index is 1.82. The maximum Gasteiger partial charge on any atom is 0.127 e. The molecule has 0 saturated heterocycles. The fraction of sp³-hybridized carbons (Fsp3) is 0.556. The second-order valence-corrected chi connectivity index (χ2v) is 3.31. The van der Waals surface area contributed by atoms with Gasteiger partial charge in [-0.15, -0.1) is 0 Å². The van der Waals surface area contributed by atoms with Gasteiger partial charge in [0.25, 0.3) is 0 Å². The standard InChI is InChI=1S/C9H13N3O/c1-12-6-5-8(11-12)7-10-13-9-3-2-4-9/h5-7,9H,2-4H2,1H3/b10-7+. The summed E-state index contributed by atoms with van der Waals surface area (Å²) in [5.74, 6) is 0. The highest BCUT2D eigenvalue weighted by molar-refractivity contribution is 5.75. The van der Waals surface area contributed by atoms with Crippen molar-refractivity contribution in [2.24, 2.45) is 12.2 Å². The predicted octanol–water partition coefficient (Wildman–Crippen LogP) is 1.32. The third-order valence-corrected chi connectivity index (χ3v) is 2.18. The molecule has 70 valence electrons. The van der Waals surface area contributed by atoms with Gasteiger partial charge < -0.3 is 4.84 Å². The van der Waals surface area contributed by atoms with Gasteiger partial charge in [-0.25, -0.2) is 0 Å². The first-order chi connectivity index (χ1) is 6.34. The average Bonchev–Trinajstić information content (AvgIpc) is 2.42.